The van der Waals surface area contributed by atoms with Crippen LogP contribution in [0.3, 0.4) is 0 Å². The number of hydrogen-bond donors (Lipinski definition) is 27. The van der Waals surface area contributed by atoms with Crippen molar-refractivity contribution in [2.75, 3.05) is 41.9 Å². The molecule has 0 radical (unpaired) electrons. The van der Waals surface area contributed by atoms with Crippen molar-refractivity contribution < 1.29 is 111 Å². The Morgan fingerprint density at radius 2 is 0.726 bits per heavy atom. The first kappa shape index (κ1) is 108. The minimum absolute atomic E-state index is 0.0446. The van der Waals surface area contributed by atoms with Gasteiger partial charge in [-0.2, -0.15) is 63.1 Å². The molecule has 43 nitrogen and oxygen atoms in total. The van der Waals surface area contributed by atoms with Gasteiger partial charge in [0.15, 0.2) is 0 Å². The molecule has 124 heavy (non-hydrogen) atoms. The van der Waals surface area contributed by atoms with Gasteiger partial charge in [-0.1, -0.05) is 101 Å². The molecule has 0 aliphatic carbocycles. The normalized spacial score (nSPS) is 16.7. The molecule has 2 aromatic carbocycles. The number of rotatable bonds is 56. The van der Waals surface area contributed by atoms with Crippen LogP contribution in [0.4, 0.5) is 0 Å². The summed E-state index contributed by atoms with van der Waals surface area (Å²) in [5.41, 5.74) is 28.3. The maximum absolute atomic E-state index is 14.9. The molecule has 18 amide bonds. The lowest BCUT2D eigenvalue weighted by Crippen LogP contribution is -2.62. The number of thiol groups is 5. The molecule has 1 saturated heterocycles. The van der Waals surface area contributed by atoms with Crippen LogP contribution < -0.4 is 103 Å². The van der Waals surface area contributed by atoms with Crippen LogP contribution in [0, 0.1) is 11.8 Å². The Morgan fingerprint density at radius 1 is 0.403 bits per heavy atom. The van der Waals surface area contributed by atoms with Crippen LogP contribution in [0.5, 0.6) is 0 Å². The van der Waals surface area contributed by atoms with Crippen LogP contribution in [0.1, 0.15) is 116 Å². The van der Waals surface area contributed by atoms with E-state index in [9.17, 15) is 106 Å². The van der Waals surface area contributed by atoms with Crippen molar-refractivity contribution in [2.45, 2.75) is 221 Å². The van der Waals surface area contributed by atoms with Gasteiger partial charge in [0.05, 0.1) is 37.8 Å². The van der Waals surface area contributed by atoms with Gasteiger partial charge in [0.25, 0.3) is 0 Å². The minimum atomic E-state index is -1.87. The average Bonchev–Trinajstić information content (AvgIpc) is 1.60. The lowest BCUT2D eigenvalue weighted by Gasteiger charge is -2.32. The summed E-state index contributed by atoms with van der Waals surface area (Å²) >= 11 is 21.3. The Balaban J connectivity index is 1.86. The third-order valence-corrected chi connectivity index (χ3v) is 21.6. The molecular weight excluding hydrogens is 1720 g/mol. The van der Waals surface area contributed by atoms with Gasteiger partial charge < -0.3 is 123 Å². The van der Waals surface area contributed by atoms with Crippen LogP contribution in [0.2, 0.25) is 0 Å². The highest BCUT2D eigenvalue weighted by molar-refractivity contribution is 7.81. The van der Waals surface area contributed by atoms with E-state index < -0.39 is 282 Å². The fraction of sp³-hybridized carbons (Fsp3) is 0.579. The number of primary amides is 3. The number of carboxylic acids is 2. The first-order valence-electron chi connectivity index (χ1n) is 39.6. The molecule has 27 N–H and O–H groups in total. The summed E-state index contributed by atoms with van der Waals surface area (Å²) in [6, 6.07) is -8.90. The van der Waals surface area contributed by atoms with E-state index in [0.717, 1.165) is 6.92 Å². The number of carbonyl (C=O) groups is 20. The Morgan fingerprint density at radius 3 is 1.12 bits per heavy atom. The van der Waals surface area contributed by atoms with Gasteiger partial charge in [0, 0.05) is 48.2 Å². The van der Waals surface area contributed by atoms with E-state index in [1.54, 1.807) is 88.4 Å². The molecule has 0 aromatic heterocycles. The second-order valence-electron chi connectivity index (χ2n) is 29.5. The van der Waals surface area contributed by atoms with E-state index in [1.165, 1.54) is 4.90 Å². The summed E-state index contributed by atoms with van der Waals surface area (Å²) in [5, 5.41) is 63.2. The summed E-state index contributed by atoms with van der Waals surface area (Å²) in [4.78, 5) is 271. The summed E-state index contributed by atoms with van der Waals surface area (Å²) in [5.74, 6) is -25.2. The lowest BCUT2D eigenvalue weighted by molar-refractivity contribution is -0.144. The zero-order chi connectivity index (χ0) is 93.4. The van der Waals surface area contributed by atoms with Gasteiger partial charge in [0.1, 0.15) is 90.6 Å². The number of hydrogen-bond acceptors (Lipinski definition) is 28. The van der Waals surface area contributed by atoms with E-state index in [2.05, 4.69) is 132 Å². The molecule has 1 aliphatic heterocycles. The molecule has 0 saturated carbocycles. The number of nitrogens with two attached hydrogens (primary N) is 5. The number of aliphatic hydroxyl groups is 1. The average molecular weight is 1840 g/mol. The molecule has 48 heteroatoms. The highest BCUT2D eigenvalue weighted by Crippen LogP contribution is 2.23. The smallest absolute Gasteiger partial charge is 0.326 e. The SMILES string of the molecule is CC[C@H](C)[C@H](NC(=O)[C@H](CS)NC(=O)[C@@H](NC(=O)[C@@H]1CCCN1C(=O)[C@H](Cc1ccccc1)NC(=O)[C@H](CC(N)=O)NC(=O)[C@@H](NC(=O)[C@@H](N)CC(=O)O)[C@@H](C)O)[C@@H](C)CC)C(=O)N[C@@H](Cc1ccccc1)C(=O)N[C@@H](CS)C(=O)N[C@@H](CS)C(=O)N[C@@H](CCCCN)C(=O)N[C@@H](CS)C(=O)N[C@@H](CS)C(=O)N[C@@H](CC(N)=O)C(=O)N[C@@H](CC(N)=O)C(=O)O. The fourth-order valence-electron chi connectivity index (χ4n) is 12.4. The standard InChI is InChI=1S/C76H116N20O23S5/c1-6-36(3)58(93-70(112)52(35-124)92-73(115)59(37(4)7-2)94-71(113)53-22-16-24-96(53)75(117)46(26-40-19-12-9-13-20-40)86-64(106)45(29-55(80)99)85-74(116)60(38(5)97)95-61(103)41(78)27-57(101)102)72(114)84-43(25-39-17-10-8-11-18-39)63(105)89-51(34-123)69(111)90-48(31-120)66(108)82-42(21-14-15-23-77)62(104)88-50(33-122)68(110)91-49(32-121)67(109)83-44(28-54(79)98)65(107)87-47(76(118)119)30-56(81)100/h8-13,17-20,36-38,41-53,58-60,97,120-124H,6-7,14-16,21-35,77-78H2,1-5H3,(H2,79,98)(H2,80,99)(H2,81,100)(H,82,108)(H,83,109)(H,84,114)(H,85,116)(H,86,106)(H,87,107)(H,88,104)(H,89,105)(H,90,111)(H,91,110)(H,92,115)(H,93,112)(H,94,113)(H,95,103)(H,101,102)(H,118,119)/t36-,37-,38+,41-,42-,43-,44-,45-,46-,47-,48-,49-,50-,51-,52-,53-,58-,59-,60-/m0/s1. The van der Waals surface area contributed by atoms with Crippen molar-refractivity contribution in [1.29, 1.82) is 0 Å². The highest BCUT2D eigenvalue weighted by Gasteiger charge is 2.44. The number of carbonyl (C=O) groups excluding carboxylic acids is 18. The van der Waals surface area contributed by atoms with Gasteiger partial charge >= 0.3 is 11.9 Å². The highest BCUT2D eigenvalue weighted by atomic mass is 32.1. The van der Waals surface area contributed by atoms with Gasteiger partial charge in [-0.3, -0.25) is 91.1 Å². The van der Waals surface area contributed by atoms with Crippen LogP contribution in [0.25, 0.3) is 0 Å². The number of unbranched alkanes of at least 4 members (excludes halogenated alkanes) is 1. The Hall–Kier alpha value is -10.5. The van der Waals surface area contributed by atoms with Crippen LogP contribution in [-0.2, 0) is 109 Å². The molecule has 2 aromatic rings. The number of aliphatic hydroxyl groups excluding tert-OH is 1. The Bertz CT molecular complexity index is 4060. The lowest BCUT2D eigenvalue weighted by atomic mass is 9.96. The van der Waals surface area contributed by atoms with Crippen molar-refractivity contribution in [3.63, 3.8) is 0 Å². The molecule has 0 unspecified atom stereocenters. The Kier molecular flexibility index (Phi) is 47.7. The van der Waals surface area contributed by atoms with Crippen molar-refractivity contribution in [3.05, 3.63) is 71.8 Å². The maximum atomic E-state index is 14.9. The predicted octanol–water partition coefficient (Wildman–Crippen LogP) is -7.99. The van der Waals surface area contributed by atoms with Crippen LogP contribution >= 0.6 is 63.1 Å². The molecule has 19 atom stereocenters. The quantitative estimate of drug-likeness (QED) is 0.0216. The van der Waals surface area contributed by atoms with Gasteiger partial charge in [0.2, 0.25) is 106 Å². The number of nitrogens with one attached hydrogen (secondary N) is 14. The third kappa shape index (κ3) is 36.0. The third-order valence-electron chi connectivity index (χ3n) is 19.8. The molecule has 0 spiro atoms. The molecule has 1 heterocycles. The minimum Gasteiger partial charge on any atom is -0.481 e. The summed E-state index contributed by atoms with van der Waals surface area (Å²) in [6.07, 6.45) is -4.30. The van der Waals surface area contributed by atoms with Gasteiger partial charge in [-0.25, -0.2) is 4.79 Å². The van der Waals surface area contributed by atoms with Crippen molar-refractivity contribution in [3.8, 4) is 0 Å². The van der Waals surface area contributed by atoms with Gasteiger partial charge in [-0.15, -0.1) is 0 Å². The first-order valence-corrected chi connectivity index (χ1v) is 42.8. The number of amides is 18. The molecule has 3 rings (SSSR count). The van der Waals surface area contributed by atoms with E-state index in [4.69, 9.17) is 33.8 Å². The molecular formula is C76H116N20O23S5. The largest absolute Gasteiger partial charge is 0.481 e. The fourth-order valence-corrected chi connectivity index (χ4v) is 13.7. The topological polar surface area (TPSA) is 704 Å². The molecule has 1 aliphatic rings. The zero-order valence-corrected chi connectivity index (χ0v) is 73.4. The number of nitrogens with zero attached hydrogens (tertiary/aromatic N) is 1. The second-order valence-corrected chi connectivity index (χ2v) is 31.3. The monoisotopic (exact) mass is 1840 g/mol. The summed E-state index contributed by atoms with van der Waals surface area (Å²) < 4.78 is 0. The van der Waals surface area contributed by atoms with Crippen molar-refractivity contribution in [2.24, 2.45) is 40.5 Å². The van der Waals surface area contributed by atoms with Crippen molar-refractivity contribution in [1.82, 2.24) is 79.3 Å². The number of likely N-dealkylation sites (tertiary alicyclic amines) is 1. The van der Waals surface area contributed by atoms with E-state index in [1.807, 2.05) is 5.32 Å². The van der Waals surface area contributed by atoms with E-state index in [0.29, 0.717) is 17.5 Å². The van der Waals surface area contributed by atoms with Crippen LogP contribution in [0.15, 0.2) is 60.7 Å². The molecule has 0 bridgehead atoms. The van der Waals surface area contributed by atoms with E-state index >= 15 is 0 Å². The van der Waals surface area contributed by atoms with Crippen LogP contribution in [-0.4, -0.2) is 283 Å². The molecule has 1 fully saturated rings. The Labute approximate surface area is 742 Å². The number of aliphatic carboxylic acids is 2. The first-order chi connectivity index (χ1) is 58.5. The van der Waals surface area contributed by atoms with E-state index in [-0.39, 0.29) is 70.2 Å². The predicted molar refractivity (Wildman–Crippen MR) is 464 cm³/mol. The maximum Gasteiger partial charge on any atom is 0.326 e. The van der Waals surface area contributed by atoms with Crippen molar-refractivity contribution >= 4 is 181 Å². The second kappa shape index (κ2) is 55.0. The summed E-state index contributed by atoms with van der Waals surface area (Å²) in [6.45, 7) is 7.89. The summed E-state index contributed by atoms with van der Waals surface area (Å²) in [7, 11) is 0. The zero-order valence-electron chi connectivity index (χ0n) is 69.0. The molecule has 688 valence electrons. The number of benzene rings is 2. The van der Waals surface area contributed by atoms with Gasteiger partial charge in [-0.05, 0) is 68.5 Å². The number of carboxylic acid groups (broad SMARTS) is 2.